The molecule has 0 bridgehead atoms. The van der Waals surface area contributed by atoms with Crippen LogP contribution in [0.1, 0.15) is 25.3 Å². The maximum absolute atomic E-state index is 9.59. The monoisotopic (exact) mass is 219 g/mol. The molecule has 0 aromatic carbocycles. The SMILES string of the molecule is OC[C@H]1[C@@H]2CC=CC[C@H]2C[C@@H]1n1cncn1. The summed E-state index contributed by atoms with van der Waals surface area (Å²) in [5, 5.41) is 13.8. The summed E-state index contributed by atoms with van der Waals surface area (Å²) in [7, 11) is 0. The molecule has 1 aromatic rings. The molecular formula is C12H17N3O. The summed E-state index contributed by atoms with van der Waals surface area (Å²) in [4.78, 5) is 4.01. The first-order valence-corrected chi connectivity index (χ1v) is 6.00. The molecule has 1 heterocycles. The highest BCUT2D eigenvalue weighted by Crippen LogP contribution is 2.48. The molecule has 86 valence electrons. The fraction of sp³-hybridized carbons (Fsp3) is 0.667. The van der Waals surface area contributed by atoms with Gasteiger partial charge >= 0.3 is 0 Å². The number of fused-ring (bicyclic) bond motifs is 1. The number of hydrogen-bond acceptors (Lipinski definition) is 3. The number of hydrogen-bond donors (Lipinski definition) is 1. The van der Waals surface area contributed by atoms with Crippen molar-refractivity contribution in [1.82, 2.24) is 14.8 Å². The van der Waals surface area contributed by atoms with Crippen LogP contribution in [0.15, 0.2) is 24.8 Å². The molecule has 0 unspecified atom stereocenters. The highest BCUT2D eigenvalue weighted by molar-refractivity contribution is 5.03. The maximum atomic E-state index is 9.59. The third-order valence-corrected chi connectivity index (χ3v) is 4.19. The molecule has 1 N–H and O–H groups in total. The summed E-state index contributed by atoms with van der Waals surface area (Å²) in [5.74, 6) is 1.69. The lowest BCUT2D eigenvalue weighted by atomic mass is 9.81. The van der Waals surface area contributed by atoms with Crippen LogP contribution in [0.2, 0.25) is 0 Å². The second-order valence-corrected chi connectivity index (χ2v) is 4.89. The normalized spacial score (nSPS) is 37.6. The molecule has 1 aromatic heterocycles. The Morgan fingerprint density at radius 1 is 1.31 bits per heavy atom. The Bertz CT molecular complexity index is 374. The topological polar surface area (TPSA) is 50.9 Å². The second kappa shape index (κ2) is 4.01. The largest absolute Gasteiger partial charge is 0.396 e. The summed E-state index contributed by atoms with van der Waals surface area (Å²) >= 11 is 0. The Hall–Kier alpha value is -1.16. The van der Waals surface area contributed by atoms with E-state index in [4.69, 9.17) is 0 Å². The van der Waals surface area contributed by atoms with Crippen molar-refractivity contribution in [2.24, 2.45) is 17.8 Å². The van der Waals surface area contributed by atoms with E-state index in [1.165, 1.54) is 0 Å². The van der Waals surface area contributed by atoms with Gasteiger partial charge in [-0.15, -0.1) is 0 Å². The first-order valence-electron chi connectivity index (χ1n) is 6.00. The second-order valence-electron chi connectivity index (χ2n) is 4.89. The van der Waals surface area contributed by atoms with Crippen LogP contribution in [-0.4, -0.2) is 26.5 Å². The van der Waals surface area contributed by atoms with Crippen LogP contribution in [0.3, 0.4) is 0 Å². The Balaban J connectivity index is 1.86. The van der Waals surface area contributed by atoms with E-state index in [-0.39, 0.29) is 6.61 Å². The van der Waals surface area contributed by atoms with Gasteiger partial charge in [-0.1, -0.05) is 12.2 Å². The van der Waals surface area contributed by atoms with Gasteiger partial charge in [0.2, 0.25) is 0 Å². The molecule has 2 aliphatic carbocycles. The van der Waals surface area contributed by atoms with E-state index in [2.05, 4.69) is 22.2 Å². The van der Waals surface area contributed by atoms with Crippen LogP contribution in [0.25, 0.3) is 0 Å². The van der Waals surface area contributed by atoms with E-state index in [1.54, 1.807) is 12.7 Å². The van der Waals surface area contributed by atoms with Gasteiger partial charge in [-0.05, 0) is 31.1 Å². The van der Waals surface area contributed by atoms with Crippen LogP contribution >= 0.6 is 0 Å². The Morgan fingerprint density at radius 3 is 2.94 bits per heavy atom. The molecule has 1 fully saturated rings. The molecule has 4 nitrogen and oxygen atoms in total. The van der Waals surface area contributed by atoms with E-state index in [9.17, 15) is 5.11 Å². The predicted molar refractivity (Wildman–Crippen MR) is 59.6 cm³/mol. The van der Waals surface area contributed by atoms with Crippen molar-refractivity contribution >= 4 is 0 Å². The number of aromatic nitrogens is 3. The molecule has 0 saturated heterocycles. The molecule has 4 atom stereocenters. The van der Waals surface area contributed by atoms with Gasteiger partial charge in [0.25, 0.3) is 0 Å². The quantitative estimate of drug-likeness (QED) is 0.765. The van der Waals surface area contributed by atoms with Gasteiger partial charge in [0, 0.05) is 12.5 Å². The van der Waals surface area contributed by atoms with Crippen molar-refractivity contribution in [2.75, 3.05) is 6.61 Å². The number of aliphatic hydroxyl groups is 1. The zero-order chi connectivity index (χ0) is 11.0. The van der Waals surface area contributed by atoms with Crippen molar-refractivity contribution < 1.29 is 5.11 Å². The van der Waals surface area contributed by atoms with E-state index in [0.717, 1.165) is 25.2 Å². The molecule has 0 radical (unpaired) electrons. The average molecular weight is 219 g/mol. The number of aliphatic hydroxyl groups excluding tert-OH is 1. The predicted octanol–water partition coefficient (Wildman–Crippen LogP) is 1.41. The van der Waals surface area contributed by atoms with Crippen molar-refractivity contribution in [3.8, 4) is 0 Å². The Kier molecular flexibility index (Phi) is 2.52. The maximum Gasteiger partial charge on any atom is 0.137 e. The van der Waals surface area contributed by atoms with Crippen LogP contribution in [-0.2, 0) is 0 Å². The van der Waals surface area contributed by atoms with Gasteiger partial charge in [-0.3, -0.25) is 0 Å². The Labute approximate surface area is 95.0 Å². The fourth-order valence-corrected chi connectivity index (χ4v) is 3.41. The minimum absolute atomic E-state index is 0.263. The third kappa shape index (κ3) is 1.48. The molecular weight excluding hydrogens is 202 g/mol. The van der Waals surface area contributed by atoms with Gasteiger partial charge in [0.1, 0.15) is 12.7 Å². The lowest BCUT2D eigenvalue weighted by Crippen LogP contribution is -2.24. The van der Waals surface area contributed by atoms with E-state index in [1.807, 2.05) is 4.68 Å². The number of rotatable bonds is 2. The molecule has 4 heteroatoms. The van der Waals surface area contributed by atoms with Gasteiger partial charge in [-0.2, -0.15) is 5.10 Å². The van der Waals surface area contributed by atoms with E-state index in [0.29, 0.717) is 17.9 Å². The number of nitrogens with zero attached hydrogens (tertiary/aromatic N) is 3. The summed E-state index contributed by atoms with van der Waals surface area (Å²) in [6, 6.07) is 0.336. The minimum atomic E-state index is 0.263. The van der Waals surface area contributed by atoms with Gasteiger partial charge in [-0.25, -0.2) is 9.67 Å². The zero-order valence-corrected chi connectivity index (χ0v) is 9.24. The van der Waals surface area contributed by atoms with Crippen molar-refractivity contribution in [3.05, 3.63) is 24.8 Å². The lowest BCUT2D eigenvalue weighted by molar-refractivity contribution is 0.148. The highest BCUT2D eigenvalue weighted by atomic mass is 16.3. The average Bonchev–Trinajstić information content (AvgIpc) is 2.95. The van der Waals surface area contributed by atoms with Gasteiger partial charge < -0.3 is 5.11 Å². The molecule has 0 amide bonds. The number of allylic oxidation sites excluding steroid dienone is 2. The third-order valence-electron chi connectivity index (χ3n) is 4.19. The van der Waals surface area contributed by atoms with Crippen LogP contribution < -0.4 is 0 Å². The smallest absolute Gasteiger partial charge is 0.137 e. The zero-order valence-electron chi connectivity index (χ0n) is 9.24. The Morgan fingerprint density at radius 2 is 2.19 bits per heavy atom. The molecule has 2 aliphatic rings. The summed E-state index contributed by atoms with van der Waals surface area (Å²) in [5.41, 5.74) is 0. The standard InChI is InChI=1S/C12H17N3O/c16-6-11-10-4-2-1-3-9(10)5-12(11)15-8-13-7-14-15/h1-2,7-12,16H,3-6H2/t9-,10+,11-,12-/m0/s1. The van der Waals surface area contributed by atoms with Gasteiger partial charge in [0.05, 0.1) is 6.04 Å². The van der Waals surface area contributed by atoms with Crippen molar-refractivity contribution in [3.63, 3.8) is 0 Å². The first-order chi connectivity index (χ1) is 7.90. The molecule has 0 aliphatic heterocycles. The molecule has 0 spiro atoms. The molecule has 1 saturated carbocycles. The first kappa shape index (κ1) is 10.0. The minimum Gasteiger partial charge on any atom is -0.396 e. The van der Waals surface area contributed by atoms with Crippen LogP contribution in [0, 0.1) is 17.8 Å². The van der Waals surface area contributed by atoms with Crippen molar-refractivity contribution in [2.45, 2.75) is 25.3 Å². The molecule has 16 heavy (non-hydrogen) atoms. The van der Waals surface area contributed by atoms with E-state index >= 15 is 0 Å². The highest BCUT2D eigenvalue weighted by Gasteiger charge is 2.43. The fourth-order valence-electron chi connectivity index (χ4n) is 3.41. The summed E-state index contributed by atoms with van der Waals surface area (Å²) in [6.45, 7) is 0.263. The molecule has 3 rings (SSSR count). The summed E-state index contributed by atoms with van der Waals surface area (Å²) < 4.78 is 1.93. The van der Waals surface area contributed by atoms with Crippen LogP contribution in [0.4, 0.5) is 0 Å². The van der Waals surface area contributed by atoms with Crippen LogP contribution in [0.5, 0.6) is 0 Å². The van der Waals surface area contributed by atoms with Gasteiger partial charge in [0.15, 0.2) is 0 Å². The summed E-state index contributed by atoms with van der Waals surface area (Å²) in [6.07, 6.45) is 11.3. The lowest BCUT2D eigenvalue weighted by Gasteiger charge is -2.25. The van der Waals surface area contributed by atoms with E-state index < -0.39 is 0 Å². The van der Waals surface area contributed by atoms with Crippen molar-refractivity contribution in [1.29, 1.82) is 0 Å².